The van der Waals surface area contributed by atoms with Gasteiger partial charge in [-0.3, -0.25) is 4.90 Å². The van der Waals surface area contributed by atoms with Crippen LogP contribution in [0.25, 0.3) is 0 Å². The molecule has 3 atom stereocenters. The summed E-state index contributed by atoms with van der Waals surface area (Å²) < 4.78 is 10.5. The van der Waals surface area contributed by atoms with Crippen LogP contribution in [0.15, 0.2) is 0 Å². The van der Waals surface area contributed by atoms with Gasteiger partial charge in [0.05, 0.1) is 25.9 Å². The van der Waals surface area contributed by atoms with E-state index in [1.807, 2.05) is 0 Å². The van der Waals surface area contributed by atoms with Gasteiger partial charge in [0.1, 0.15) is 0 Å². The number of rotatable bonds is 7. The van der Waals surface area contributed by atoms with Crippen molar-refractivity contribution in [2.24, 2.45) is 5.92 Å². The molecule has 112 valence electrons. The van der Waals surface area contributed by atoms with Crippen molar-refractivity contribution < 1.29 is 14.6 Å². The maximum absolute atomic E-state index is 10.2. The monoisotopic (exact) mass is 271 g/mol. The molecule has 2 aliphatic rings. The van der Waals surface area contributed by atoms with Crippen molar-refractivity contribution in [2.75, 3.05) is 40.0 Å². The van der Waals surface area contributed by atoms with E-state index in [9.17, 15) is 5.11 Å². The Kier molecular flexibility index (Phi) is 6.57. The van der Waals surface area contributed by atoms with Crippen molar-refractivity contribution in [3.8, 4) is 0 Å². The first-order valence-electron chi connectivity index (χ1n) is 7.81. The van der Waals surface area contributed by atoms with E-state index >= 15 is 0 Å². The molecule has 4 heteroatoms. The summed E-state index contributed by atoms with van der Waals surface area (Å²) in [6.45, 7) is 4.30. The summed E-state index contributed by atoms with van der Waals surface area (Å²) in [7, 11) is 1.70. The zero-order valence-corrected chi connectivity index (χ0v) is 12.2. The van der Waals surface area contributed by atoms with E-state index in [0.29, 0.717) is 25.2 Å². The van der Waals surface area contributed by atoms with Crippen LogP contribution >= 0.6 is 0 Å². The zero-order chi connectivity index (χ0) is 13.5. The third kappa shape index (κ3) is 4.42. The van der Waals surface area contributed by atoms with Crippen molar-refractivity contribution in [1.29, 1.82) is 0 Å². The van der Waals surface area contributed by atoms with Crippen LogP contribution in [0.2, 0.25) is 0 Å². The first kappa shape index (κ1) is 15.2. The van der Waals surface area contributed by atoms with E-state index in [1.165, 1.54) is 38.6 Å². The van der Waals surface area contributed by atoms with Crippen molar-refractivity contribution >= 4 is 0 Å². The predicted octanol–water partition coefficient (Wildman–Crippen LogP) is 1.66. The van der Waals surface area contributed by atoms with Gasteiger partial charge in [-0.25, -0.2) is 0 Å². The largest absolute Gasteiger partial charge is 0.393 e. The SMILES string of the molecule is COCCOCCN1CCCC1C1CCCCC1O. The quantitative estimate of drug-likeness (QED) is 0.715. The fraction of sp³-hybridized carbons (Fsp3) is 1.00. The zero-order valence-electron chi connectivity index (χ0n) is 12.2. The molecule has 0 bridgehead atoms. The van der Waals surface area contributed by atoms with Gasteiger partial charge in [0, 0.05) is 25.6 Å². The summed E-state index contributed by atoms with van der Waals surface area (Å²) >= 11 is 0. The molecule has 2 rings (SSSR count). The molecule has 1 aliphatic heterocycles. The second-order valence-electron chi connectivity index (χ2n) is 5.87. The van der Waals surface area contributed by atoms with Gasteiger partial charge in [-0.1, -0.05) is 12.8 Å². The first-order chi connectivity index (χ1) is 9.33. The lowest BCUT2D eigenvalue weighted by atomic mass is 9.80. The van der Waals surface area contributed by atoms with Crippen molar-refractivity contribution in [1.82, 2.24) is 4.90 Å². The normalized spacial score (nSPS) is 32.8. The number of aliphatic hydroxyl groups is 1. The number of aliphatic hydroxyl groups excluding tert-OH is 1. The van der Waals surface area contributed by atoms with Gasteiger partial charge in [0.2, 0.25) is 0 Å². The minimum Gasteiger partial charge on any atom is -0.393 e. The number of ether oxygens (including phenoxy) is 2. The van der Waals surface area contributed by atoms with Crippen molar-refractivity contribution in [3.05, 3.63) is 0 Å². The van der Waals surface area contributed by atoms with E-state index in [1.54, 1.807) is 7.11 Å². The molecule has 0 radical (unpaired) electrons. The Morgan fingerprint density at radius 1 is 1.05 bits per heavy atom. The number of nitrogens with zero attached hydrogens (tertiary/aromatic N) is 1. The van der Waals surface area contributed by atoms with E-state index in [4.69, 9.17) is 9.47 Å². The van der Waals surface area contributed by atoms with Crippen LogP contribution in [0.1, 0.15) is 38.5 Å². The van der Waals surface area contributed by atoms with Gasteiger partial charge >= 0.3 is 0 Å². The highest BCUT2D eigenvalue weighted by molar-refractivity contribution is 4.90. The third-order valence-corrected chi connectivity index (χ3v) is 4.64. The molecule has 0 aromatic heterocycles. The molecule has 19 heavy (non-hydrogen) atoms. The lowest BCUT2D eigenvalue weighted by molar-refractivity contribution is 0.00866. The van der Waals surface area contributed by atoms with Crippen LogP contribution in [0.5, 0.6) is 0 Å². The molecule has 0 aromatic carbocycles. The molecular weight excluding hydrogens is 242 g/mol. The van der Waals surface area contributed by atoms with Gasteiger partial charge < -0.3 is 14.6 Å². The van der Waals surface area contributed by atoms with Crippen molar-refractivity contribution in [2.45, 2.75) is 50.7 Å². The topological polar surface area (TPSA) is 41.9 Å². The molecule has 1 aliphatic carbocycles. The predicted molar refractivity (Wildman–Crippen MR) is 75.3 cm³/mol. The van der Waals surface area contributed by atoms with Crippen LogP contribution < -0.4 is 0 Å². The highest BCUT2D eigenvalue weighted by Gasteiger charge is 2.36. The molecule has 1 saturated heterocycles. The number of hydrogen-bond donors (Lipinski definition) is 1. The summed E-state index contributed by atoms with van der Waals surface area (Å²) in [5.74, 6) is 0.496. The fourth-order valence-electron chi connectivity index (χ4n) is 3.63. The Morgan fingerprint density at radius 3 is 2.68 bits per heavy atom. The molecular formula is C15H29NO3. The lowest BCUT2D eigenvalue weighted by Crippen LogP contribution is -2.43. The average molecular weight is 271 g/mol. The minimum absolute atomic E-state index is 0.0752. The molecule has 2 fully saturated rings. The Labute approximate surface area is 117 Å². The maximum atomic E-state index is 10.2. The van der Waals surface area contributed by atoms with Crippen molar-refractivity contribution in [3.63, 3.8) is 0 Å². The minimum atomic E-state index is -0.0752. The number of likely N-dealkylation sites (tertiary alicyclic amines) is 1. The standard InChI is InChI=1S/C15H29NO3/c1-18-11-12-19-10-9-16-8-4-6-14(16)13-5-2-3-7-15(13)17/h13-15,17H,2-12H2,1H3. The second-order valence-corrected chi connectivity index (χ2v) is 5.87. The van der Waals surface area contributed by atoms with Gasteiger partial charge in [0.25, 0.3) is 0 Å². The highest BCUT2D eigenvalue weighted by atomic mass is 16.5. The van der Waals surface area contributed by atoms with Crippen LogP contribution in [0, 0.1) is 5.92 Å². The van der Waals surface area contributed by atoms with Gasteiger partial charge in [-0.2, -0.15) is 0 Å². The Balaban J connectivity index is 1.73. The van der Waals surface area contributed by atoms with Crippen LogP contribution in [0.4, 0.5) is 0 Å². The summed E-state index contributed by atoms with van der Waals surface area (Å²) in [6.07, 6.45) is 7.13. The fourth-order valence-corrected chi connectivity index (χ4v) is 3.63. The van der Waals surface area contributed by atoms with E-state index in [-0.39, 0.29) is 6.10 Å². The molecule has 1 heterocycles. The molecule has 0 amide bonds. The molecule has 3 unspecified atom stereocenters. The summed E-state index contributed by atoms with van der Waals surface area (Å²) in [4.78, 5) is 2.53. The van der Waals surface area contributed by atoms with Crippen LogP contribution in [-0.2, 0) is 9.47 Å². The Bertz CT molecular complexity index is 250. The van der Waals surface area contributed by atoms with E-state index < -0.39 is 0 Å². The molecule has 4 nitrogen and oxygen atoms in total. The van der Waals surface area contributed by atoms with Gasteiger partial charge in [0.15, 0.2) is 0 Å². The third-order valence-electron chi connectivity index (χ3n) is 4.64. The Hall–Kier alpha value is -0.160. The van der Waals surface area contributed by atoms with Crippen LogP contribution in [-0.4, -0.2) is 62.2 Å². The summed E-state index contributed by atoms with van der Waals surface area (Å²) in [5, 5.41) is 10.2. The summed E-state index contributed by atoms with van der Waals surface area (Å²) in [5.41, 5.74) is 0. The highest BCUT2D eigenvalue weighted by Crippen LogP contribution is 2.34. The number of methoxy groups -OCH3 is 1. The Morgan fingerprint density at radius 2 is 1.89 bits per heavy atom. The average Bonchev–Trinajstić information content (AvgIpc) is 2.87. The van der Waals surface area contributed by atoms with Gasteiger partial charge in [-0.15, -0.1) is 0 Å². The molecule has 1 N–H and O–H groups in total. The molecule has 1 saturated carbocycles. The summed E-state index contributed by atoms with van der Waals surface area (Å²) in [6, 6.07) is 0.585. The van der Waals surface area contributed by atoms with E-state index in [0.717, 1.165) is 19.6 Å². The lowest BCUT2D eigenvalue weighted by Gasteiger charge is -2.37. The first-order valence-corrected chi connectivity index (χ1v) is 7.81. The van der Waals surface area contributed by atoms with E-state index in [2.05, 4.69) is 4.90 Å². The maximum Gasteiger partial charge on any atom is 0.0700 e. The number of hydrogen-bond acceptors (Lipinski definition) is 4. The van der Waals surface area contributed by atoms with Crippen LogP contribution in [0.3, 0.4) is 0 Å². The smallest absolute Gasteiger partial charge is 0.0700 e. The second kappa shape index (κ2) is 8.20. The van der Waals surface area contributed by atoms with Gasteiger partial charge in [-0.05, 0) is 32.2 Å². The molecule has 0 spiro atoms. The molecule has 0 aromatic rings.